The third-order valence-corrected chi connectivity index (χ3v) is 2.57. The number of carbonyl (C=O) groups is 1. The van der Waals surface area contributed by atoms with Crippen LogP contribution in [0.5, 0.6) is 0 Å². The number of hydrogen-bond donors (Lipinski definition) is 0. The van der Waals surface area contributed by atoms with Gasteiger partial charge in [0, 0.05) is 6.20 Å². The van der Waals surface area contributed by atoms with Crippen LogP contribution in [0, 0.1) is 11.6 Å². The van der Waals surface area contributed by atoms with E-state index in [1.165, 1.54) is 0 Å². The van der Waals surface area contributed by atoms with Crippen molar-refractivity contribution in [2.75, 3.05) is 0 Å². The zero-order chi connectivity index (χ0) is 14.9. The normalized spacial score (nSPS) is 11.4. The van der Waals surface area contributed by atoms with Gasteiger partial charge in [0.1, 0.15) is 5.82 Å². The van der Waals surface area contributed by atoms with Crippen molar-refractivity contribution in [2.45, 2.75) is 6.18 Å². The second-order valence-electron chi connectivity index (χ2n) is 3.85. The average molecular weight is 287 g/mol. The molecule has 0 bridgehead atoms. The van der Waals surface area contributed by atoms with E-state index in [-0.39, 0.29) is 0 Å². The van der Waals surface area contributed by atoms with Gasteiger partial charge in [-0.05, 0) is 18.2 Å². The Bertz CT molecular complexity index is 666. The van der Waals surface area contributed by atoms with Crippen molar-refractivity contribution in [1.29, 1.82) is 0 Å². The van der Waals surface area contributed by atoms with Crippen LogP contribution in [0.3, 0.4) is 0 Å². The Morgan fingerprint density at radius 3 is 2.35 bits per heavy atom. The van der Waals surface area contributed by atoms with Crippen molar-refractivity contribution in [3.63, 3.8) is 0 Å². The van der Waals surface area contributed by atoms with Gasteiger partial charge in [0.15, 0.2) is 11.6 Å². The fraction of sp³-hybridized carbons (Fsp3) is 0.0769. The van der Waals surface area contributed by atoms with E-state index in [0.29, 0.717) is 6.07 Å². The summed E-state index contributed by atoms with van der Waals surface area (Å²) in [5.41, 5.74) is -2.96. The molecule has 1 aromatic carbocycles. The SMILES string of the molecule is O=C(c1ccncc1F)c1cccc(C(F)(F)F)c1F. The molecule has 0 unspecified atom stereocenters. The fourth-order valence-electron chi connectivity index (χ4n) is 1.63. The van der Waals surface area contributed by atoms with Crippen LogP contribution in [0.1, 0.15) is 21.5 Å². The molecule has 0 saturated carbocycles. The summed E-state index contributed by atoms with van der Waals surface area (Å²) < 4.78 is 64.7. The lowest BCUT2D eigenvalue weighted by Crippen LogP contribution is -2.13. The minimum atomic E-state index is -4.93. The first-order valence-electron chi connectivity index (χ1n) is 5.32. The highest BCUT2D eigenvalue weighted by Gasteiger charge is 2.36. The predicted octanol–water partition coefficient (Wildman–Crippen LogP) is 3.61. The van der Waals surface area contributed by atoms with Crippen LogP contribution < -0.4 is 0 Å². The molecule has 0 spiro atoms. The zero-order valence-corrected chi connectivity index (χ0v) is 9.71. The van der Waals surface area contributed by atoms with E-state index in [0.717, 1.165) is 30.6 Å². The number of benzene rings is 1. The third-order valence-electron chi connectivity index (χ3n) is 2.57. The Morgan fingerprint density at radius 1 is 1.05 bits per heavy atom. The summed E-state index contributed by atoms with van der Waals surface area (Å²) in [4.78, 5) is 15.3. The molecular formula is C13H6F5NO. The van der Waals surface area contributed by atoms with Gasteiger partial charge in [-0.2, -0.15) is 13.2 Å². The molecule has 7 heteroatoms. The number of rotatable bonds is 2. The number of nitrogens with zero attached hydrogens (tertiary/aromatic N) is 1. The fourth-order valence-corrected chi connectivity index (χ4v) is 1.63. The molecule has 0 aliphatic carbocycles. The largest absolute Gasteiger partial charge is 0.419 e. The third kappa shape index (κ3) is 2.52. The van der Waals surface area contributed by atoms with E-state index in [1.54, 1.807) is 0 Å². The quantitative estimate of drug-likeness (QED) is 0.624. The summed E-state index contributed by atoms with van der Waals surface area (Å²) in [5.74, 6) is -3.93. The van der Waals surface area contributed by atoms with Gasteiger partial charge in [0.2, 0.25) is 0 Å². The first-order chi connectivity index (χ1) is 9.32. The molecule has 2 aromatic rings. The first kappa shape index (κ1) is 14.1. The van der Waals surface area contributed by atoms with Gasteiger partial charge in [-0.3, -0.25) is 9.78 Å². The highest BCUT2D eigenvalue weighted by atomic mass is 19.4. The van der Waals surface area contributed by atoms with Crippen LogP contribution in [-0.4, -0.2) is 10.8 Å². The van der Waals surface area contributed by atoms with Crippen molar-refractivity contribution in [1.82, 2.24) is 4.98 Å². The van der Waals surface area contributed by atoms with Gasteiger partial charge in [0.25, 0.3) is 0 Å². The predicted molar refractivity (Wildman–Crippen MR) is 59.0 cm³/mol. The van der Waals surface area contributed by atoms with E-state index in [2.05, 4.69) is 4.98 Å². The van der Waals surface area contributed by atoms with Crippen LogP contribution in [0.2, 0.25) is 0 Å². The Morgan fingerprint density at radius 2 is 1.75 bits per heavy atom. The molecule has 0 fully saturated rings. The van der Waals surface area contributed by atoms with Gasteiger partial charge in [0.05, 0.1) is 22.9 Å². The molecule has 1 heterocycles. The van der Waals surface area contributed by atoms with Crippen molar-refractivity contribution >= 4 is 5.78 Å². The molecule has 1 aromatic heterocycles. The lowest BCUT2D eigenvalue weighted by Gasteiger charge is -2.10. The summed E-state index contributed by atoms with van der Waals surface area (Å²) >= 11 is 0. The molecule has 0 saturated heterocycles. The Kier molecular flexibility index (Phi) is 3.52. The molecule has 0 radical (unpaired) electrons. The first-order valence-corrected chi connectivity index (χ1v) is 5.32. The zero-order valence-electron chi connectivity index (χ0n) is 9.71. The maximum absolute atomic E-state index is 13.8. The number of halogens is 5. The number of hydrogen-bond acceptors (Lipinski definition) is 2. The second kappa shape index (κ2) is 4.99. The summed E-state index contributed by atoms with van der Waals surface area (Å²) in [6.07, 6.45) is -3.13. The van der Waals surface area contributed by atoms with Gasteiger partial charge in [-0.15, -0.1) is 0 Å². The molecular weight excluding hydrogens is 281 g/mol. The molecule has 2 nitrogen and oxygen atoms in total. The maximum atomic E-state index is 13.8. The summed E-state index contributed by atoms with van der Waals surface area (Å²) in [7, 11) is 0. The van der Waals surface area contributed by atoms with Gasteiger partial charge in [-0.25, -0.2) is 8.78 Å². The van der Waals surface area contributed by atoms with Crippen LogP contribution in [0.15, 0.2) is 36.7 Å². The standard InChI is InChI=1S/C13H6F5NO/c14-10-6-19-5-4-7(10)12(20)8-2-1-3-9(11(8)15)13(16,17)18/h1-6H. The number of pyridine rings is 1. The molecule has 0 aliphatic heterocycles. The highest BCUT2D eigenvalue weighted by molar-refractivity contribution is 6.09. The van der Waals surface area contributed by atoms with Crippen LogP contribution in [0.25, 0.3) is 0 Å². The highest BCUT2D eigenvalue weighted by Crippen LogP contribution is 2.33. The Balaban J connectivity index is 2.55. The maximum Gasteiger partial charge on any atom is 0.419 e. The van der Waals surface area contributed by atoms with Crippen molar-refractivity contribution in [3.8, 4) is 0 Å². The monoisotopic (exact) mass is 287 g/mol. The van der Waals surface area contributed by atoms with E-state index < -0.39 is 40.3 Å². The van der Waals surface area contributed by atoms with Crippen LogP contribution >= 0.6 is 0 Å². The number of ketones is 1. The van der Waals surface area contributed by atoms with Crippen LogP contribution in [0.4, 0.5) is 22.0 Å². The van der Waals surface area contributed by atoms with E-state index in [9.17, 15) is 26.7 Å². The van der Waals surface area contributed by atoms with E-state index >= 15 is 0 Å². The summed E-state index contributed by atoms with van der Waals surface area (Å²) in [6.45, 7) is 0. The number of carbonyl (C=O) groups excluding carboxylic acids is 1. The lowest BCUT2D eigenvalue weighted by atomic mass is 10.0. The lowest BCUT2D eigenvalue weighted by molar-refractivity contribution is -0.140. The molecule has 2 rings (SSSR count). The molecule has 0 atom stereocenters. The van der Waals surface area contributed by atoms with Gasteiger partial charge in [-0.1, -0.05) is 6.07 Å². The molecule has 0 N–H and O–H groups in total. The summed E-state index contributed by atoms with van der Waals surface area (Å²) in [5, 5.41) is 0. The van der Waals surface area contributed by atoms with Crippen molar-refractivity contribution in [3.05, 3.63) is 65.0 Å². The minimum Gasteiger partial charge on any atom is -0.288 e. The average Bonchev–Trinajstić information content (AvgIpc) is 2.37. The molecule has 104 valence electrons. The van der Waals surface area contributed by atoms with Gasteiger partial charge < -0.3 is 0 Å². The number of alkyl halides is 3. The number of aromatic nitrogens is 1. The molecule has 20 heavy (non-hydrogen) atoms. The molecule has 0 aliphatic rings. The topological polar surface area (TPSA) is 30.0 Å². The van der Waals surface area contributed by atoms with Gasteiger partial charge >= 0.3 is 6.18 Å². The van der Waals surface area contributed by atoms with Crippen molar-refractivity contribution < 1.29 is 26.7 Å². The summed E-state index contributed by atoms with van der Waals surface area (Å²) in [6, 6.07) is 3.23. The van der Waals surface area contributed by atoms with E-state index in [1.807, 2.05) is 0 Å². The van der Waals surface area contributed by atoms with Crippen molar-refractivity contribution in [2.24, 2.45) is 0 Å². The second-order valence-corrected chi connectivity index (χ2v) is 3.85. The minimum absolute atomic E-state index is 0.509. The smallest absolute Gasteiger partial charge is 0.288 e. The molecule has 0 amide bonds. The van der Waals surface area contributed by atoms with Crippen LogP contribution in [-0.2, 0) is 6.18 Å². The Labute approximate surface area is 109 Å². The Hall–Kier alpha value is -2.31. The van der Waals surface area contributed by atoms with E-state index in [4.69, 9.17) is 0 Å².